The molecule has 3 rings (SSSR count). The minimum atomic E-state index is -3.69. The molecular weight excluding hydrogens is 402 g/mol. The van der Waals surface area contributed by atoms with Gasteiger partial charge in [-0.05, 0) is 51.1 Å². The molecule has 0 aliphatic rings. The summed E-state index contributed by atoms with van der Waals surface area (Å²) in [6, 6.07) is 10.5. The highest BCUT2D eigenvalue weighted by Gasteiger charge is 2.23. The number of sulfonamides is 1. The molecule has 158 valence electrons. The van der Waals surface area contributed by atoms with Crippen molar-refractivity contribution in [2.75, 3.05) is 26.0 Å². The molecule has 0 radical (unpaired) electrons. The molecular formula is C21H25N5O3S. The molecule has 0 unspecified atom stereocenters. The van der Waals surface area contributed by atoms with E-state index in [0.717, 1.165) is 15.6 Å². The zero-order valence-corrected chi connectivity index (χ0v) is 18.5. The summed E-state index contributed by atoms with van der Waals surface area (Å²) >= 11 is 0. The number of nitrogens with zero attached hydrogens (tertiary/aromatic N) is 4. The van der Waals surface area contributed by atoms with Crippen molar-refractivity contribution in [2.24, 2.45) is 0 Å². The molecule has 2 aromatic heterocycles. The number of hydrogen-bond acceptors (Lipinski definition) is 7. The van der Waals surface area contributed by atoms with E-state index in [0.29, 0.717) is 35.4 Å². The van der Waals surface area contributed by atoms with Gasteiger partial charge in [0.05, 0.1) is 6.61 Å². The SMILES string of the molecule is CCOc1ccc(Nc2nc(-c3ccccn3)nc(C)c2C)cc1S(=O)(=O)N(C)C. The fourth-order valence-corrected chi connectivity index (χ4v) is 3.81. The fourth-order valence-electron chi connectivity index (χ4n) is 2.76. The second-order valence-corrected chi connectivity index (χ2v) is 8.95. The van der Waals surface area contributed by atoms with E-state index in [-0.39, 0.29) is 4.90 Å². The first-order chi connectivity index (χ1) is 14.2. The molecule has 0 amide bonds. The Bertz CT molecular complexity index is 1150. The Balaban J connectivity index is 2.05. The van der Waals surface area contributed by atoms with Gasteiger partial charge < -0.3 is 10.1 Å². The third-order valence-electron chi connectivity index (χ3n) is 4.55. The Morgan fingerprint density at radius 1 is 1.10 bits per heavy atom. The number of anilines is 2. The van der Waals surface area contributed by atoms with Gasteiger partial charge in [0.25, 0.3) is 0 Å². The van der Waals surface area contributed by atoms with Crippen LogP contribution in [0.3, 0.4) is 0 Å². The van der Waals surface area contributed by atoms with E-state index in [4.69, 9.17) is 4.74 Å². The van der Waals surface area contributed by atoms with Gasteiger partial charge in [-0.15, -0.1) is 0 Å². The molecule has 2 heterocycles. The first-order valence-corrected chi connectivity index (χ1v) is 10.9. The number of pyridine rings is 1. The Kier molecular flexibility index (Phi) is 6.33. The van der Waals surface area contributed by atoms with Crippen LogP contribution in [0.15, 0.2) is 47.5 Å². The van der Waals surface area contributed by atoms with Gasteiger partial charge in [-0.1, -0.05) is 6.07 Å². The highest BCUT2D eigenvalue weighted by Crippen LogP contribution is 2.31. The Morgan fingerprint density at radius 3 is 2.50 bits per heavy atom. The van der Waals surface area contributed by atoms with Crippen molar-refractivity contribution >= 4 is 21.5 Å². The number of aryl methyl sites for hydroxylation is 1. The summed E-state index contributed by atoms with van der Waals surface area (Å²) in [5.41, 5.74) is 2.90. The van der Waals surface area contributed by atoms with E-state index < -0.39 is 10.0 Å². The van der Waals surface area contributed by atoms with Gasteiger partial charge in [0.15, 0.2) is 5.82 Å². The normalized spacial score (nSPS) is 11.5. The van der Waals surface area contributed by atoms with Crippen molar-refractivity contribution < 1.29 is 13.2 Å². The van der Waals surface area contributed by atoms with E-state index in [1.165, 1.54) is 14.1 Å². The molecule has 1 aromatic carbocycles. The van der Waals surface area contributed by atoms with E-state index in [2.05, 4.69) is 20.3 Å². The molecule has 0 bridgehead atoms. The van der Waals surface area contributed by atoms with Crippen LogP contribution in [0, 0.1) is 13.8 Å². The molecule has 0 aliphatic heterocycles. The molecule has 30 heavy (non-hydrogen) atoms. The predicted molar refractivity (Wildman–Crippen MR) is 117 cm³/mol. The van der Waals surface area contributed by atoms with Gasteiger partial charge >= 0.3 is 0 Å². The van der Waals surface area contributed by atoms with Crippen LogP contribution in [-0.2, 0) is 10.0 Å². The second-order valence-electron chi connectivity index (χ2n) is 6.83. The molecule has 3 aromatic rings. The molecule has 9 heteroatoms. The van der Waals surface area contributed by atoms with Crippen LogP contribution in [-0.4, -0.2) is 48.4 Å². The molecule has 0 saturated carbocycles. The van der Waals surface area contributed by atoms with Crippen molar-refractivity contribution in [3.05, 3.63) is 53.9 Å². The van der Waals surface area contributed by atoms with Crippen LogP contribution in [0.4, 0.5) is 11.5 Å². The predicted octanol–water partition coefficient (Wildman–Crippen LogP) is 3.55. The topological polar surface area (TPSA) is 97.3 Å². The number of hydrogen-bond donors (Lipinski definition) is 1. The van der Waals surface area contributed by atoms with E-state index >= 15 is 0 Å². The van der Waals surface area contributed by atoms with Gasteiger partial charge in [-0.25, -0.2) is 22.7 Å². The molecule has 0 atom stereocenters. The highest BCUT2D eigenvalue weighted by molar-refractivity contribution is 7.89. The van der Waals surface area contributed by atoms with E-state index in [1.54, 1.807) is 24.4 Å². The van der Waals surface area contributed by atoms with Crippen molar-refractivity contribution in [3.8, 4) is 17.3 Å². The van der Waals surface area contributed by atoms with Crippen molar-refractivity contribution in [1.82, 2.24) is 19.3 Å². The zero-order chi connectivity index (χ0) is 21.9. The lowest BCUT2D eigenvalue weighted by Gasteiger charge is -2.17. The highest BCUT2D eigenvalue weighted by atomic mass is 32.2. The second kappa shape index (κ2) is 8.76. The largest absolute Gasteiger partial charge is 0.492 e. The average molecular weight is 428 g/mol. The van der Waals surface area contributed by atoms with Crippen molar-refractivity contribution in [2.45, 2.75) is 25.7 Å². The lowest BCUT2D eigenvalue weighted by atomic mass is 10.2. The number of aromatic nitrogens is 3. The molecule has 0 spiro atoms. The van der Waals surface area contributed by atoms with Crippen LogP contribution in [0.5, 0.6) is 5.75 Å². The third kappa shape index (κ3) is 4.42. The molecule has 0 fully saturated rings. The number of benzene rings is 1. The third-order valence-corrected chi connectivity index (χ3v) is 6.38. The van der Waals surface area contributed by atoms with Crippen LogP contribution in [0.1, 0.15) is 18.2 Å². The lowest BCUT2D eigenvalue weighted by molar-refractivity contribution is 0.330. The van der Waals surface area contributed by atoms with Gasteiger partial charge in [-0.3, -0.25) is 4.98 Å². The van der Waals surface area contributed by atoms with Gasteiger partial charge in [-0.2, -0.15) is 0 Å². The molecule has 0 aliphatic carbocycles. The van der Waals surface area contributed by atoms with Crippen LogP contribution in [0.2, 0.25) is 0 Å². The van der Waals surface area contributed by atoms with Crippen molar-refractivity contribution in [3.63, 3.8) is 0 Å². The molecule has 0 saturated heterocycles. The van der Waals surface area contributed by atoms with Gasteiger partial charge in [0, 0.05) is 37.2 Å². The van der Waals surface area contributed by atoms with Crippen molar-refractivity contribution in [1.29, 1.82) is 0 Å². The van der Waals surface area contributed by atoms with Gasteiger partial charge in [0.2, 0.25) is 10.0 Å². The maximum atomic E-state index is 12.8. The Morgan fingerprint density at radius 2 is 1.87 bits per heavy atom. The molecule has 1 N–H and O–H groups in total. The minimum Gasteiger partial charge on any atom is -0.492 e. The Hall–Kier alpha value is -3.04. The monoisotopic (exact) mass is 427 g/mol. The number of nitrogens with one attached hydrogen (secondary N) is 1. The zero-order valence-electron chi connectivity index (χ0n) is 17.7. The van der Waals surface area contributed by atoms with Crippen LogP contribution < -0.4 is 10.1 Å². The Labute approximate surface area is 177 Å². The number of rotatable bonds is 7. The average Bonchev–Trinajstić information content (AvgIpc) is 2.73. The van der Waals surface area contributed by atoms with Crippen LogP contribution >= 0.6 is 0 Å². The minimum absolute atomic E-state index is 0.0905. The number of ether oxygens (including phenoxy) is 1. The molecule has 8 nitrogen and oxygen atoms in total. The first-order valence-electron chi connectivity index (χ1n) is 9.47. The summed E-state index contributed by atoms with van der Waals surface area (Å²) in [6.07, 6.45) is 1.69. The smallest absolute Gasteiger partial charge is 0.246 e. The fraction of sp³-hybridized carbons (Fsp3) is 0.286. The first kappa shape index (κ1) is 21.7. The van der Waals surface area contributed by atoms with E-state index in [9.17, 15) is 8.42 Å². The van der Waals surface area contributed by atoms with Crippen LogP contribution in [0.25, 0.3) is 11.5 Å². The maximum absolute atomic E-state index is 12.8. The van der Waals surface area contributed by atoms with Gasteiger partial charge in [0.1, 0.15) is 22.2 Å². The summed E-state index contributed by atoms with van der Waals surface area (Å²) in [4.78, 5) is 13.5. The van der Waals surface area contributed by atoms with E-state index in [1.807, 2.05) is 39.0 Å². The summed E-state index contributed by atoms with van der Waals surface area (Å²) < 4.78 is 32.2. The standard InChI is InChI=1S/C21H25N5O3S/c1-6-29-18-11-10-16(13-19(18)30(27,28)26(4)5)24-20-14(2)15(3)23-21(25-20)17-9-7-8-12-22-17/h7-13H,6H2,1-5H3,(H,23,24,25). The summed E-state index contributed by atoms with van der Waals surface area (Å²) in [5, 5.41) is 3.23. The summed E-state index contributed by atoms with van der Waals surface area (Å²) in [5.74, 6) is 1.38. The lowest BCUT2D eigenvalue weighted by Crippen LogP contribution is -2.23. The quantitative estimate of drug-likeness (QED) is 0.616. The summed E-state index contributed by atoms with van der Waals surface area (Å²) in [6.45, 7) is 5.98. The maximum Gasteiger partial charge on any atom is 0.246 e. The summed E-state index contributed by atoms with van der Waals surface area (Å²) in [7, 11) is -0.712.